The monoisotopic (exact) mass is 223 g/mol. The number of nitrogens with zero attached hydrogens (tertiary/aromatic N) is 2. The van der Waals surface area contributed by atoms with Crippen LogP contribution in [0.3, 0.4) is 0 Å². The summed E-state index contributed by atoms with van der Waals surface area (Å²) < 4.78 is 1.44. The number of aromatic carboxylic acids is 1. The Hall–Kier alpha value is -1.36. The van der Waals surface area contributed by atoms with Crippen LogP contribution < -0.4 is 5.32 Å². The number of nitrogens with one attached hydrogen (secondary N) is 1. The van der Waals surface area contributed by atoms with E-state index in [1.807, 2.05) is 0 Å². The van der Waals surface area contributed by atoms with Gasteiger partial charge < -0.3 is 10.4 Å². The highest BCUT2D eigenvalue weighted by Gasteiger charge is 2.17. The fraction of sp³-hybridized carbons (Fsp3) is 0.636. The van der Waals surface area contributed by atoms with Crippen LogP contribution >= 0.6 is 0 Å². The van der Waals surface area contributed by atoms with Crippen molar-refractivity contribution in [3.8, 4) is 0 Å². The zero-order valence-electron chi connectivity index (χ0n) is 9.44. The average molecular weight is 223 g/mol. The second-order valence-corrected chi connectivity index (χ2v) is 4.35. The zero-order valence-corrected chi connectivity index (χ0v) is 9.44. The Balaban J connectivity index is 2.03. The molecule has 1 aliphatic heterocycles. The van der Waals surface area contributed by atoms with Gasteiger partial charge in [-0.05, 0) is 44.3 Å². The number of carboxylic acids is 1. The lowest BCUT2D eigenvalue weighted by Crippen LogP contribution is -2.28. The van der Waals surface area contributed by atoms with Crippen LogP contribution in [0.1, 0.15) is 29.0 Å². The maximum atomic E-state index is 10.9. The Bertz CT molecular complexity index is 381. The minimum Gasteiger partial charge on any atom is -0.477 e. The van der Waals surface area contributed by atoms with Crippen molar-refractivity contribution in [2.45, 2.75) is 19.3 Å². The summed E-state index contributed by atoms with van der Waals surface area (Å²) >= 11 is 0. The maximum absolute atomic E-state index is 10.9. The molecule has 0 radical (unpaired) electrons. The molecule has 2 rings (SSSR count). The molecule has 0 spiro atoms. The van der Waals surface area contributed by atoms with Gasteiger partial charge in [0.15, 0.2) is 0 Å². The van der Waals surface area contributed by atoms with E-state index in [4.69, 9.17) is 5.11 Å². The second-order valence-electron chi connectivity index (χ2n) is 4.35. The summed E-state index contributed by atoms with van der Waals surface area (Å²) in [4.78, 5) is 10.9. The number of aryl methyl sites for hydroxylation is 1. The van der Waals surface area contributed by atoms with Crippen LogP contribution in [0.25, 0.3) is 0 Å². The number of rotatable bonds is 3. The summed E-state index contributed by atoms with van der Waals surface area (Å²) in [6.45, 7) is 2.12. The Kier molecular flexibility index (Phi) is 3.24. The molecule has 0 bridgehead atoms. The molecule has 0 atom stereocenters. The topological polar surface area (TPSA) is 67.2 Å². The molecule has 0 amide bonds. The van der Waals surface area contributed by atoms with E-state index in [-0.39, 0.29) is 5.69 Å². The van der Waals surface area contributed by atoms with Crippen LogP contribution in [0, 0.1) is 5.92 Å². The van der Waals surface area contributed by atoms with Gasteiger partial charge in [-0.15, -0.1) is 0 Å². The highest BCUT2D eigenvalue weighted by Crippen LogP contribution is 2.17. The summed E-state index contributed by atoms with van der Waals surface area (Å²) in [5.41, 5.74) is 1.16. The third-order valence-electron chi connectivity index (χ3n) is 3.11. The van der Waals surface area contributed by atoms with Gasteiger partial charge in [0.1, 0.15) is 5.69 Å². The smallest absolute Gasteiger partial charge is 0.354 e. The number of hydrogen-bond donors (Lipinski definition) is 2. The van der Waals surface area contributed by atoms with Gasteiger partial charge in [0, 0.05) is 7.05 Å². The lowest BCUT2D eigenvalue weighted by Gasteiger charge is -2.21. The summed E-state index contributed by atoms with van der Waals surface area (Å²) in [5, 5.41) is 16.5. The Labute approximate surface area is 94.5 Å². The van der Waals surface area contributed by atoms with Gasteiger partial charge in [0.2, 0.25) is 0 Å². The van der Waals surface area contributed by atoms with E-state index in [0.29, 0.717) is 5.92 Å². The molecule has 1 aromatic heterocycles. The maximum Gasteiger partial charge on any atom is 0.354 e. The number of carboxylic acid groups (broad SMARTS) is 1. The Morgan fingerprint density at radius 2 is 2.31 bits per heavy atom. The molecular weight excluding hydrogens is 206 g/mol. The van der Waals surface area contributed by atoms with Gasteiger partial charge in [0.05, 0.1) is 5.69 Å². The van der Waals surface area contributed by atoms with Crippen molar-refractivity contribution >= 4 is 5.97 Å². The van der Waals surface area contributed by atoms with Crippen LogP contribution in [-0.4, -0.2) is 33.9 Å². The zero-order chi connectivity index (χ0) is 11.5. The molecule has 0 unspecified atom stereocenters. The predicted octanol–water partition coefficient (Wildman–Crippen LogP) is 0.660. The van der Waals surface area contributed by atoms with E-state index < -0.39 is 5.97 Å². The quantitative estimate of drug-likeness (QED) is 0.790. The molecule has 2 heterocycles. The molecule has 5 heteroatoms. The number of carbonyl (C=O) groups is 1. The average Bonchev–Trinajstić information content (AvgIpc) is 2.61. The summed E-state index contributed by atoms with van der Waals surface area (Å²) in [7, 11) is 1.68. The summed E-state index contributed by atoms with van der Waals surface area (Å²) in [5.74, 6) is -0.274. The van der Waals surface area contributed by atoms with E-state index in [9.17, 15) is 4.79 Å². The van der Waals surface area contributed by atoms with Gasteiger partial charge in [0.25, 0.3) is 0 Å². The molecule has 1 aliphatic rings. The lowest BCUT2D eigenvalue weighted by atomic mass is 9.93. The minimum atomic E-state index is -0.911. The van der Waals surface area contributed by atoms with Crippen molar-refractivity contribution in [3.05, 3.63) is 17.5 Å². The third-order valence-corrected chi connectivity index (χ3v) is 3.11. The van der Waals surface area contributed by atoms with Gasteiger partial charge >= 0.3 is 5.97 Å². The standard InChI is InChI=1S/C11H17N3O2/c1-14-10(11(15)16)7-9(13-14)6-8-2-4-12-5-3-8/h7-8,12H,2-6H2,1H3,(H,15,16). The number of piperidine rings is 1. The molecule has 2 N–H and O–H groups in total. The molecule has 16 heavy (non-hydrogen) atoms. The lowest BCUT2D eigenvalue weighted by molar-refractivity contribution is 0.0685. The van der Waals surface area contributed by atoms with Crippen LogP contribution in [0.5, 0.6) is 0 Å². The fourth-order valence-electron chi connectivity index (χ4n) is 2.21. The van der Waals surface area contributed by atoms with Crippen LogP contribution in [0.4, 0.5) is 0 Å². The van der Waals surface area contributed by atoms with E-state index in [1.54, 1.807) is 13.1 Å². The molecule has 0 aliphatic carbocycles. The van der Waals surface area contributed by atoms with Gasteiger partial charge in [-0.2, -0.15) is 5.10 Å². The van der Waals surface area contributed by atoms with Crippen molar-refractivity contribution in [2.24, 2.45) is 13.0 Å². The highest BCUT2D eigenvalue weighted by molar-refractivity contribution is 5.85. The van der Waals surface area contributed by atoms with Crippen molar-refractivity contribution < 1.29 is 9.90 Å². The van der Waals surface area contributed by atoms with E-state index in [2.05, 4.69) is 10.4 Å². The van der Waals surface area contributed by atoms with Crippen molar-refractivity contribution in [3.63, 3.8) is 0 Å². The minimum absolute atomic E-state index is 0.268. The predicted molar refractivity (Wildman–Crippen MR) is 59.5 cm³/mol. The molecule has 5 nitrogen and oxygen atoms in total. The molecule has 1 fully saturated rings. The van der Waals surface area contributed by atoms with Crippen molar-refractivity contribution in [1.82, 2.24) is 15.1 Å². The Morgan fingerprint density at radius 1 is 1.62 bits per heavy atom. The van der Waals surface area contributed by atoms with E-state index in [1.165, 1.54) is 4.68 Å². The third kappa shape index (κ3) is 2.41. The van der Waals surface area contributed by atoms with Gasteiger partial charge in [-0.3, -0.25) is 4.68 Å². The molecule has 0 saturated carbocycles. The van der Waals surface area contributed by atoms with Gasteiger partial charge in [-0.25, -0.2) is 4.79 Å². The molecule has 1 aromatic rings. The summed E-state index contributed by atoms with van der Waals surface area (Å²) in [6, 6.07) is 1.68. The van der Waals surface area contributed by atoms with E-state index in [0.717, 1.165) is 38.0 Å². The first-order valence-electron chi connectivity index (χ1n) is 5.63. The summed E-state index contributed by atoms with van der Waals surface area (Å²) in [6.07, 6.45) is 3.20. The highest BCUT2D eigenvalue weighted by atomic mass is 16.4. The largest absolute Gasteiger partial charge is 0.477 e. The van der Waals surface area contributed by atoms with Crippen molar-refractivity contribution in [2.75, 3.05) is 13.1 Å². The molecule has 88 valence electrons. The fourth-order valence-corrected chi connectivity index (χ4v) is 2.21. The Morgan fingerprint density at radius 3 is 2.88 bits per heavy atom. The first kappa shape index (κ1) is 11.1. The molecule has 1 saturated heterocycles. The number of hydrogen-bond acceptors (Lipinski definition) is 3. The molecular formula is C11H17N3O2. The van der Waals surface area contributed by atoms with Gasteiger partial charge in [-0.1, -0.05) is 0 Å². The SMILES string of the molecule is Cn1nc(CC2CCNCC2)cc1C(=O)O. The first-order chi connectivity index (χ1) is 7.66. The van der Waals surface area contributed by atoms with Crippen molar-refractivity contribution in [1.29, 1.82) is 0 Å². The van der Waals surface area contributed by atoms with E-state index >= 15 is 0 Å². The van der Waals surface area contributed by atoms with Crippen LogP contribution in [0.2, 0.25) is 0 Å². The van der Waals surface area contributed by atoms with Crippen LogP contribution in [0.15, 0.2) is 6.07 Å². The number of aromatic nitrogens is 2. The second kappa shape index (κ2) is 4.65. The van der Waals surface area contributed by atoms with Crippen LogP contribution in [-0.2, 0) is 13.5 Å². The molecule has 0 aromatic carbocycles. The normalized spacial score (nSPS) is 17.6. The first-order valence-corrected chi connectivity index (χ1v) is 5.63.